The molecule has 1 aromatic carbocycles. The van der Waals surface area contributed by atoms with Crippen molar-refractivity contribution in [3.63, 3.8) is 0 Å². The van der Waals surface area contributed by atoms with E-state index in [1.807, 2.05) is 0 Å². The lowest BCUT2D eigenvalue weighted by Gasteiger charge is -2.39. The second-order valence-corrected chi connectivity index (χ2v) is 6.09. The first-order valence-electron chi connectivity index (χ1n) is 5.56. The van der Waals surface area contributed by atoms with Gasteiger partial charge in [0.1, 0.15) is 5.54 Å². The summed E-state index contributed by atoms with van der Waals surface area (Å²) < 4.78 is 26.5. The summed E-state index contributed by atoms with van der Waals surface area (Å²) in [5.41, 5.74) is 3.62. The van der Waals surface area contributed by atoms with Gasteiger partial charge in [-0.3, -0.25) is 14.9 Å². The highest BCUT2D eigenvalue weighted by Gasteiger charge is 2.46. The zero-order valence-corrected chi connectivity index (χ0v) is 11.0. The van der Waals surface area contributed by atoms with E-state index in [9.17, 15) is 23.3 Å². The summed E-state index contributed by atoms with van der Waals surface area (Å²) in [5.74, 6) is -0.776. The van der Waals surface area contributed by atoms with Crippen molar-refractivity contribution < 1.29 is 18.1 Å². The van der Waals surface area contributed by atoms with Gasteiger partial charge in [0, 0.05) is 25.2 Å². The van der Waals surface area contributed by atoms with Gasteiger partial charge in [0.05, 0.1) is 9.82 Å². The molecule has 0 atom stereocenters. The maximum atomic E-state index is 12.1. The third-order valence-electron chi connectivity index (χ3n) is 3.01. The van der Waals surface area contributed by atoms with Crippen molar-refractivity contribution in [2.75, 3.05) is 13.1 Å². The van der Waals surface area contributed by atoms with Gasteiger partial charge in [0.25, 0.3) is 5.69 Å². The Morgan fingerprint density at radius 2 is 1.90 bits per heavy atom. The van der Waals surface area contributed by atoms with Crippen molar-refractivity contribution >= 4 is 21.6 Å². The molecule has 10 heteroatoms. The van der Waals surface area contributed by atoms with Crippen LogP contribution in [0.3, 0.4) is 0 Å². The normalized spacial score (nSPS) is 17.2. The largest absolute Gasteiger partial charge is 0.368 e. The predicted octanol–water partition coefficient (Wildman–Crippen LogP) is -1.30. The molecule has 1 aliphatic heterocycles. The zero-order chi connectivity index (χ0) is 15.0. The van der Waals surface area contributed by atoms with Gasteiger partial charge in [-0.05, 0) is 12.1 Å². The lowest BCUT2D eigenvalue weighted by molar-refractivity contribution is -0.384. The molecule has 1 heterocycles. The van der Waals surface area contributed by atoms with Crippen LogP contribution < -0.4 is 15.8 Å². The van der Waals surface area contributed by atoms with Crippen molar-refractivity contribution in [2.24, 2.45) is 5.73 Å². The number of hydrogen-bond donors (Lipinski definition) is 3. The van der Waals surface area contributed by atoms with Crippen molar-refractivity contribution in [3.05, 3.63) is 34.4 Å². The molecule has 20 heavy (non-hydrogen) atoms. The molecule has 1 aromatic rings. The maximum Gasteiger partial charge on any atom is 0.269 e. The fraction of sp³-hybridized carbons (Fsp3) is 0.300. The molecule has 4 N–H and O–H groups in total. The molecule has 1 saturated heterocycles. The van der Waals surface area contributed by atoms with Gasteiger partial charge in [-0.15, -0.1) is 0 Å². The molecule has 0 aromatic heterocycles. The fourth-order valence-electron chi connectivity index (χ4n) is 1.73. The van der Waals surface area contributed by atoms with Crippen molar-refractivity contribution in [1.82, 2.24) is 10.0 Å². The lowest BCUT2D eigenvalue weighted by Crippen LogP contribution is -2.74. The number of rotatable bonds is 5. The van der Waals surface area contributed by atoms with Crippen LogP contribution in [0.25, 0.3) is 0 Å². The fourth-order valence-corrected chi connectivity index (χ4v) is 3.11. The van der Waals surface area contributed by atoms with E-state index in [1.165, 1.54) is 0 Å². The summed E-state index contributed by atoms with van der Waals surface area (Å²) in [6, 6.07) is 4.34. The molecule has 2 rings (SSSR count). The minimum atomic E-state index is -3.98. The summed E-state index contributed by atoms with van der Waals surface area (Å²) in [7, 11) is -3.98. The Morgan fingerprint density at radius 1 is 1.35 bits per heavy atom. The van der Waals surface area contributed by atoms with E-state index < -0.39 is 26.4 Å². The third kappa shape index (κ3) is 2.48. The minimum Gasteiger partial charge on any atom is -0.368 e. The summed E-state index contributed by atoms with van der Waals surface area (Å²) in [6.45, 7) is 0.211. The molecule has 0 saturated carbocycles. The molecular weight excluding hydrogens is 288 g/mol. The number of nitrogens with one attached hydrogen (secondary N) is 2. The number of hydrogen-bond acceptors (Lipinski definition) is 6. The van der Waals surface area contributed by atoms with Gasteiger partial charge in [0.15, 0.2) is 0 Å². The number of sulfonamides is 1. The number of benzene rings is 1. The Morgan fingerprint density at radius 3 is 2.25 bits per heavy atom. The van der Waals surface area contributed by atoms with E-state index in [0.717, 1.165) is 24.3 Å². The number of nitro groups is 1. The highest BCUT2D eigenvalue weighted by Crippen LogP contribution is 2.19. The van der Waals surface area contributed by atoms with E-state index >= 15 is 0 Å². The monoisotopic (exact) mass is 300 g/mol. The Bertz CT molecular complexity index is 651. The van der Waals surface area contributed by atoms with Gasteiger partial charge < -0.3 is 11.1 Å². The average Bonchev–Trinajstić information content (AvgIpc) is 2.33. The van der Waals surface area contributed by atoms with E-state index in [0.29, 0.717) is 0 Å². The van der Waals surface area contributed by atoms with Gasteiger partial charge in [-0.25, -0.2) is 8.42 Å². The average molecular weight is 300 g/mol. The van der Waals surface area contributed by atoms with Crippen LogP contribution in [0.15, 0.2) is 29.2 Å². The van der Waals surface area contributed by atoms with Crippen LogP contribution in [0.1, 0.15) is 0 Å². The van der Waals surface area contributed by atoms with Crippen LogP contribution in [-0.4, -0.2) is 37.9 Å². The van der Waals surface area contributed by atoms with Gasteiger partial charge >= 0.3 is 0 Å². The SMILES string of the molecule is NC(=O)C1(NS(=O)(=O)c2ccc([N+](=O)[O-])cc2)CNC1. The quantitative estimate of drug-likeness (QED) is 0.455. The van der Waals surface area contributed by atoms with Crippen molar-refractivity contribution in [1.29, 1.82) is 0 Å². The first-order chi connectivity index (χ1) is 9.27. The summed E-state index contributed by atoms with van der Waals surface area (Å²) in [5, 5.41) is 13.3. The number of nitrogens with zero attached hydrogens (tertiary/aromatic N) is 1. The van der Waals surface area contributed by atoms with Crippen LogP contribution >= 0.6 is 0 Å². The first kappa shape index (κ1) is 14.4. The van der Waals surface area contributed by atoms with E-state index in [1.54, 1.807) is 0 Å². The summed E-state index contributed by atoms with van der Waals surface area (Å²) in [6.07, 6.45) is 0. The van der Waals surface area contributed by atoms with Crippen molar-refractivity contribution in [3.8, 4) is 0 Å². The molecule has 0 spiro atoms. The number of primary amides is 1. The summed E-state index contributed by atoms with van der Waals surface area (Å²) >= 11 is 0. The molecule has 0 aliphatic carbocycles. The number of nitro benzene ring substituents is 1. The number of non-ortho nitro benzene ring substituents is 1. The third-order valence-corrected chi connectivity index (χ3v) is 4.57. The Kier molecular flexibility index (Phi) is 3.46. The molecular formula is C10H12N4O5S. The lowest BCUT2D eigenvalue weighted by atomic mass is 9.93. The first-order valence-corrected chi connectivity index (χ1v) is 7.04. The van der Waals surface area contributed by atoms with E-state index in [-0.39, 0.29) is 23.7 Å². The molecule has 1 aliphatic rings. The summed E-state index contributed by atoms with van der Waals surface area (Å²) in [4.78, 5) is 21.0. The molecule has 1 fully saturated rings. The smallest absolute Gasteiger partial charge is 0.269 e. The number of nitrogens with two attached hydrogens (primary N) is 1. The van der Waals surface area contributed by atoms with Crippen LogP contribution in [-0.2, 0) is 14.8 Å². The van der Waals surface area contributed by atoms with Crippen molar-refractivity contribution in [2.45, 2.75) is 10.4 Å². The van der Waals surface area contributed by atoms with Crippen LogP contribution in [0, 0.1) is 10.1 Å². The molecule has 108 valence electrons. The molecule has 0 radical (unpaired) electrons. The second-order valence-electron chi connectivity index (χ2n) is 4.41. The Labute approximate surface area is 114 Å². The van der Waals surface area contributed by atoms with Crippen LogP contribution in [0.2, 0.25) is 0 Å². The predicted molar refractivity (Wildman–Crippen MR) is 68.2 cm³/mol. The van der Waals surface area contributed by atoms with Gasteiger partial charge in [-0.1, -0.05) is 0 Å². The molecule has 0 unspecified atom stereocenters. The van der Waals surface area contributed by atoms with E-state index in [2.05, 4.69) is 10.0 Å². The Hall–Kier alpha value is -2.04. The van der Waals surface area contributed by atoms with Crippen LogP contribution in [0.4, 0.5) is 5.69 Å². The highest BCUT2D eigenvalue weighted by atomic mass is 32.2. The zero-order valence-electron chi connectivity index (χ0n) is 10.2. The number of carbonyl (C=O) groups excluding carboxylic acids is 1. The highest BCUT2D eigenvalue weighted by molar-refractivity contribution is 7.89. The molecule has 0 bridgehead atoms. The van der Waals surface area contributed by atoms with Gasteiger partial charge in [0.2, 0.25) is 15.9 Å². The molecule has 1 amide bonds. The number of amides is 1. The standard InChI is InChI=1S/C10H12N4O5S/c11-9(15)10(5-12-6-10)13-20(18,19)8-3-1-7(2-4-8)14(16)17/h1-4,12-13H,5-6H2,(H2,11,15). The Balaban J connectivity index is 2.26. The molecule has 9 nitrogen and oxygen atoms in total. The van der Waals surface area contributed by atoms with Gasteiger partial charge in [-0.2, -0.15) is 4.72 Å². The van der Waals surface area contributed by atoms with E-state index in [4.69, 9.17) is 5.73 Å². The number of carbonyl (C=O) groups is 1. The minimum absolute atomic E-state index is 0.106. The second kappa shape index (κ2) is 4.81. The van der Waals surface area contributed by atoms with Crippen LogP contribution in [0.5, 0.6) is 0 Å². The maximum absolute atomic E-state index is 12.1. The topological polar surface area (TPSA) is 144 Å².